The van der Waals surface area contributed by atoms with Crippen LogP contribution < -0.4 is 9.47 Å². The van der Waals surface area contributed by atoms with E-state index in [9.17, 15) is 4.79 Å². The summed E-state index contributed by atoms with van der Waals surface area (Å²) in [6.45, 7) is 5.48. The number of hydrogen-bond acceptors (Lipinski definition) is 4. The molecule has 1 aromatic rings. The Kier molecular flexibility index (Phi) is 3.50. The van der Waals surface area contributed by atoms with Crippen molar-refractivity contribution in [1.29, 1.82) is 0 Å². The minimum absolute atomic E-state index is 0.126. The fourth-order valence-corrected chi connectivity index (χ4v) is 6.54. The summed E-state index contributed by atoms with van der Waals surface area (Å²) in [7, 11) is 3.95. The van der Waals surface area contributed by atoms with Crippen molar-refractivity contribution >= 4 is 5.78 Å². The molecular formula is C22H29NO3. The second kappa shape index (κ2) is 5.48. The highest BCUT2D eigenvalue weighted by Crippen LogP contribution is 2.64. The molecule has 0 N–H and O–H groups in total. The average molecular weight is 355 g/mol. The van der Waals surface area contributed by atoms with E-state index >= 15 is 0 Å². The summed E-state index contributed by atoms with van der Waals surface area (Å²) in [4.78, 5) is 16.0. The van der Waals surface area contributed by atoms with Gasteiger partial charge in [0, 0.05) is 22.9 Å². The van der Waals surface area contributed by atoms with Crippen molar-refractivity contribution in [2.24, 2.45) is 17.8 Å². The van der Waals surface area contributed by atoms with E-state index < -0.39 is 0 Å². The van der Waals surface area contributed by atoms with Crippen LogP contribution in [0.25, 0.3) is 0 Å². The Labute approximate surface area is 155 Å². The average Bonchev–Trinajstić information content (AvgIpc) is 2.95. The molecule has 2 aliphatic carbocycles. The maximum absolute atomic E-state index is 13.5. The summed E-state index contributed by atoms with van der Waals surface area (Å²) in [6.07, 6.45) is 3.76. The lowest BCUT2D eigenvalue weighted by atomic mass is 9.49. The quantitative estimate of drug-likeness (QED) is 0.835. The van der Waals surface area contributed by atoms with Gasteiger partial charge in [-0.1, -0.05) is 19.9 Å². The smallest absolute Gasteiger partial charge is 0.177 e. The molecule has 1 saturated heterocycles. The zero-order chi connectivity index (χ0) is 18.2. The van der Waals surface area contributed by atoms with Gasteiger partial charge in [-0.3, -0.25) is 4.79 Å². The molecule has 1 aromatic carbocycles. The maximum atomic E-state index is 13.5. The Morgan fingerprint density at radius 2 is 2.19 bits per heavy atom. The number of rotatable bonds is 3. The lowest BCUT2D eigenvalue weighted by molar-refractivity contribution is -0.145. The monoisotopic (exact) mass is 355 g/mol. The number of methoxy groups -OCH3 is 1. The van der Waals surface area contributed by atoms with Crippen molar-refractivity contribution in [3.05, 3.63) is 23.3 Å². The molecule has 4 heteroatoms. The number of hydrogen-bond donors (Lipinski definition) is 0. The third kappa shape index (κ3) is 1.91. The Morgan fingerprint density at radius 3 is 2.92 bits per heavy atom. The molecule has 26 heavy (non-hydrogen) atoms. The first-order valence-electron chi connectivity index (χ1n) is 10.1. The summed E-state index contributed by atoms with van der Waals surface area (Å²) >= 11 is 0. The van der Waals surface area contributed by atoms with Crippen molar-refractivity contribution < 1.29 is 14.3 Å². The molecule has 1 spiro atoms. The van der Waals surface area contributed by atoms with Crippen LogP contribution in [0.15, 0.2) is 12.1 Å². The number of carbonyl (C=O) groups is 1. The van der Waals surface area contributed by atoms with Gasteiger partial charge in [0.05, 0.1) is 7.11 Å². The number of ether oxygens (including phenoxy) is 2. The first-order chi connectivity index (χ1) is 12.5. The standard InChI is InChI=1S/C22H29NO3/c1-12(2)9-14-10-15-16-11-13-5-6-17(25-4)20-18(13)22(15,7-8-23(16)3)21(26-20)19(14)24/h5-6,12,14-16,21H,7-11H2,1-4H3. The fraction of sp³-hybridized carbons (Fsp3) is 0.682. The van der Waals surface area contributed by atoms with Crippen molar-refractivity contribution in [3.63, 3.8) is 0 Å². The van der Waals surface area contributed by atoms with Crippen LogP contribution in [0, 0.1) is 17.8 Å². The van der Waals surface area contributed by atoms with Crippen LogP contribution in [0.4, 0.5) is 0 Å². The molecule has 0 radical (unpaired) electrons. The number of nitrogens with zero attached hydrogens (tertiary/aromatic N) is 1. The van der Waals surface area contributed by atoms with Gasteiger partial charge in [0.1, 0.15) is 0 Å². The first-order valence-corrected chi connectivity index (χ1v) is 10.1. The molecule has 1 saturated carbocycles. The predicted molar refractivity (Wildman–Crippen MR) is 99.9 cm³/mol. The Balaban J connectivity index is 1.70. The van der Waals surface area contributed by atoms with E-state index in [1.165, 1.54) is 11.1 Å². The van der Waals surface area contributed by atoms with E-state index in [2.05, 4.69) is 31.9 Å². The van der Waals surface area contributed by atoms with Gasteiger partial charge < -0.3 is 14.4 Å². The highest BCUT2D eigenvalue weighted by Gasteiger charge is 2.67. The Hall–Kier alpha value is -1.55. The zero-order valence-corrected chi connectivity index (χ0v) is 16.2. The molecule has 2 bridgehead atoms. The van der Waals surface area contributed by atoms with Crippen LogP contribution in [-0.2, 0) is 16.6 Å². The molecule has 4 aliphatic rings. The number of carbonyl (C=O) groups excluding carboxylic acids is 1. The maximum Gasteiger partial charge on any atom is 0.177 e. The second-order valence-corrected chi connectivity index (χ2v) is 9.24. The Morgan fingerprint density at radius 1 is 1.38 bits per heavy atom. The molecule has 2 heterocycles. The van der Waals surface area contributed by atoms with Crippen LogP contribution in [-0.4, -0.2) is 43.5 Å². The topological polar surface area (TPSA) is 38.8 Å². The summed E-state index contributed by atoms with van der Waals surface area (Å²) in [6, 6.07) is 4.75. The lowest BCUT2D eigenvalue weighted by Crippen LogP contribution is -2.67. The van der Waals surface area contributed by atoms with E-state index in [0.29, 0.717) is 23.7 Å². The van der Waals surface area contributed by atoms with E-state index in [1.54, 1.807) is 7.11 Å². The van der Waals surface area contributed by atoms with Gasteiger partial charge >= 0.3 is 0 Å². The van der Waals surface area contributed by atoms with Crippen molar-refractivity contribution in [1.82, 2.24) is 4.90 Å². The highest BCUT2D eigenvalue weighted by molar-refractivity contribution is 5.91. The molecule has 2 aliphatic heterocycles. The van der Waals surface area contributed by atoms with E-state index in [0.717, 1.165) is 43.7 Å². The molecule has 0 aromatic heterocycles. The lowest BCUT2D eigenvalue weighted by Gasteiger charge is -2.58. The first kappa shape index (κ1) is 16.6. The van der Waals surface area contributed by atoms with Gasteiger partial charge in [0.25, 0.3) is 0 Å². The van der Waals surface area contributed by atoms with E-state index in [-0.39, 0.29) is 17.4 Å². The number of likely N-dealkylation sites (N-methyl/N-ethyl adjacent to an activating group) is 1. The van der Waals surface area contributed by atoms with Gasteiger partial charge in [0.15, 0.2) is 23.4 Å². The molecule has 0 amide bonds. The molecule has 140 valence electrons. The van der Waals surface area contributed by atoms with Crippen LogP contribution in [0.3, 0.4) is 0 Å². The molecule has 4 nitrogen and oxygen atoms in total. The molecule has 5 rings (SSSR count). The summed E-state index contributed by atoms with van der Waals surface area (Å²) in [5, 5.41) is 0. The number of likely N-dealkylation sites (tertiary alicyclic amines) is 1. The number of benzene rings is 1. The summed E-state index contributed by atoms with van der Waals surface area (Å²) < 4.78 is 12.1. The SMILES string of the molecule is COc1ccc2c3c1OC1C(=O)C(CC(C)C)CC4C(C2)N(C)CCC314. The molecule has 5 unspecified atom stereocenters. The molecular weight excluding hydrogens is 326 g/mol. The van der Waals surface area contributed by atoms with Gasteiger partial charge in [0.2, 0.25) is 0 Å². The third-order valence-corrected chi connectivity index (χ3v) is 7.55. The Bertz CT molecular complexity index is 773. The van der Waals surface area contributed by atoms with Gasteiger partial charge in [-0.15, -0.1) is 0 Å². The van der Waals surface area contributed by atoms with Gasteiger partial charge in [-0.25, -0.2) is 0 Å². The summed E-state index contributed by atoms with van der Waals surface area (Å²) in [5.74, 6) is 3.17. The molecule has 2 fully saturated rings. The fourth-order valence-electron chi connectivity index (χ4n) is 6.54. The van der Waals surface area contributed by atoms with Crippen molar-refractivity contribution in [2.75, 3.05) is 20.7 Å². The van der Waals surface area contributed by atoms with Gasteiger partial charge in [-0.2, -0.15) is 0 Å². The zero-order valence-electron chi connectivity index (χ0n) is 16.2. The third-order valence-electron chi connectivity index (χ3n) is 7.55. The minimum Gasteiger partial charge on any atom is -0.493 e. The van der Waals surface area contributed by atoms with Crippen LogP contribution in [0.5, 0.6) is 11.5 Å². The number of ketones is 1. The van der Waals surface area contributed by atoms with Crippen molar-refractivity contribution in [3.8, 4) is 11.5 Å². The van der Waals surface area contributed by atoms with Gasteiger partial charge in [-0.05, 0) is 62.7 Å². The normalized spacial score (nSPS) is 37.5. The van der Waals surface area contributed by atoms with E-state index in [1.807, 2.05) is 6.07 Å². The minimum atomic E-state index is -0.313. The highest BCUT2D eigenvalue weighted by atomic mass is 16.5. The van der Waals surface area contributed by atoms with Crippen LogP contribution in [0.2, 0.25) is 0 Å². The second-order valence-electron chi connectivity index (χ2n) is 9.24. The largest absolute Gasteiger partial charge is 0.493 e. The number of piperidine rings is 1. The predicted octanol–water partition coefficient (Wildman–Crippen LogP) is 3.21. The van der Waals surface area contributed by atoms with Crippen LogP contribution >= 0.6 is 0 Å². The van der Waals surface area contributed by atoms with E-state index in [4.69, 9.17) is 9.47 Å². The molecule has 5 atom stereocenters. The van der Waals surface area contributed by atoms with Crippen LogP contribution in [0.1, 0.15) is 44.2 Å². The number of Topliss-reactive ketones (excluding diaryl/α,β-unsaturated/α-hetero) is 1. The summed E-state index contributed by atoms with van der Waals surface area (Å²) in [5.41, 5.74) is 2.55. The van der Waals surface area contributed by atoms with Crippen molar-refractivity contribution in [2.45, 2.75) is 57.1 Å².